The fraction of sp³-hybridized carbons (Fsp3) is 0.286. The van der Waals surface area contributed by atoms with Crippen LogP contribution >= 0.6 is 0 Å². The molecule has 6 nitrogen and oxygen atoms in total. The molecule has 6 heteroatoms. The van der Waals surface area contributed by atoms with Gasteiger partial charge in [-0.3, -0.25) is 4.90 Å². The second-order valence-corrected chi connectivity index (χ2v) is 6.97. The van der Waals surface area contributed by atoms with Gasteiger partial charge in [0, 0.05) is 13.6 Å². The number of carbonyl (C=O) groups is 1. The molecular weight excluding hydrogens is 340 g/mol. The predicted molar refractivity (Wildman–Crippen MR) is 102 cm³/mol. The highest BCUT2D eigenvalue weighted by molar-refractivity contribution is 5.87. The lowest BCUT2D eigenvalue weighted by Gasteiger charge is -2.24. The van der Waals surface area contributed by atoms with E-state index in [2.05, 4.69) is 16.0 Å². The average molecular weight is 362 g/mol. The van der Waals surface area contributed by atoms with Crippen molar-refractivity contribution >= 4 is 5.97 Å². The molecule has 1 atom stereocenters. The maximum Gasteiger partial charge on any atom is 0.335 e. The van der Waals surface area contributed by atoms with Crippen LogP contribution in [0.15, 0.2) is 55.0 Å². The van der Waals surface area contributed by atoms with E-state index in [9.17, 15) is 9.90 Å². The van der Waals surface area contributed by atoms with E-state index in [1.165, 1.54) is 0 Å². The van der Waals surface area contributed by atoms with Crippen LogP contribution in [0, 0.1) is 0 Å². The van der Waals surface area contributed by atoms with E-state index in [-0.39, 0.29) is 6.04 Å². The molecule has 1 unspecified atom stereocenters. The molecule has 1 aromatic carbocycles. The molecule has 1 saturated heterocycles. The molecule has 2 aromatic heterocycles. The van der Waals surface area contributed by atoms with Gasteiger partial charge in [-0.25, -0.2) is 14.8 Å². The quantitative estimate of drug-likeness (QED) is 0.752. The SMILES string of the molecule is Cn1cncc1-c1cccc(C2CCCN2Cc2cccc(C(=O)O)c2)n1. The van der Waals surface area contributed by atoms with Crippen LogP contribution in [0.4, 0.5) is 0 Å². The first-order valence-corrected chi connectivity index (χ1v) is 9.12. The summed E-state index contributed by atoms with van der Waals surface area (Å²) in [4.78, 5) is 22.7. The molecule has 0 radical (unpaired) electrons. The molecule has 0 spiro atoms. The predicted octanol–water partition coefficient (Wildman–Crippen LogP) is 3.52. The van der Waals surface area contributed by atoms with Gasteiger partial charge in [-0.15, -0.1) is 0 Å². The Labute approximate surface area is 158 Å². The molecule has 1 aliphatic rings. The van der Waals surface area contributed by atoms with E-state index in [0.717, 1.165) is 48.6 Å². The van der Waals surface area contributed by atoms with Crippen molar-refractivity contribution in [3.8, 4) is 11.4 Å². The average Bonchev–Trinajstić information content (AvgIpc) is 3.31. The number of pyridine rings is 1. The zero-order valence-corrected chi connectivity index (χ0v) is 15.2. The Morgan fingerprint density at radius 3 is 2.89 bits per heavy atom. The van der Waals surface area contributed by atoms with Crippen molar-refractivity contribution in [1.29, 1.82) is 0 Å². The van der Waals surface area contributed by atoms with Crippen molar-refractivity contribution in [2.45, 2.75) is 25.4 Å². The molecule has 1 N–H and O–H groups in total. The Hall–Kier alpha value is -2.99. The lowest BCUT2D eigenvalue weighted by molar-refractivity contribution is 0.0696. The summed E-state index contributed by atoms with van der Waals surface area (Å²) in [5.41, 5.74) is 4.33. The lowest BCUT2D eigenvalue weighted by atomic mass is 10.1. The lowest BCUT2D eigenvalue weighted by Crippen LogP contribution is -2.23. The number of carboxylic acid groups (broad SMARTS) is 1. The third-order valence-corrected chi connectivity index (χ3v) is 5.11. The highest BCUT2D eigenvalue weighted by atomic mass is 16.4. The van der Waals surface area contributed by atoms with Crippen LogP contribution in [0.2, 0.25) is 0 Å². The number of aromatic nitrogens is 3. The third-order valence-electron chi connectivity index (χ3n) is 5.11. The number of benzene rings is 1. The van der Waals surface area contributed by atoms with Crippen LogP contribution in [0.5, 0.6) is 0 Å². The molecule has 138 valence electrons. The smallest absolute Gasteiger partial charge is 0.335 e. The largest absolute Gasteiger partial charge is 0.478 e. The zero-order valence-electron chi connectivity index (χ0n) is 15.2. The number of nitrogens with zero attached hydrogens (tertiary/aromatic N) is 4. The Kier molecular flexibility index (Phi) is 4.73. The van der Waals surface area contributed by atoms with Gasteiger partial charge in [0.25, 0.3) is 0 Å². The first-order chi connectivity index (χ1) is 13.1. The van der Waals surface area contributed by atoms with Crippen LogP contribution < -0.4 is 0 Å². The van der Waals surface area contributed by atoms with Gasteiger partial charge in [-0.1, -0.05) is 18.2 Å². The van der Waals surface area contributed by atoms with Gasteiger partial charge in [-0.05, 0) is 49.2 Å². The highest BCUT2D eigenvalue weighted by Gasteiger charge is 2.27. The number of carboxylic acids is 1. The Morgan fingerprint density at radius 2 is 2.11 bits per heavy atom. The molecule has 3 aromatic rings. The van der Waals surface area contributed by atoms with Crippen molar-refractivity contribution in [1.82, 2.24) is 19.4 Å². The van der Waals surface area contributed by atoms with E-state index in [0.29, 0.717) is 5.56 Å². The van der Waals surface area contributed by atoms with Gasteiger partial charge in [0.05, 0.1) is 41.2 Å². The first-order valence-electron chi connectivity index (χ1n) is 9.12. The van der Waals surface area contributed by atoms with Gasteiger partial charge in [0.1, 0.15) is 0 Å². The Balaban J connectivity index is 1.58. The number of hydrogen-bond donors (Lipinski definition) is 1. The molecular formula is C21H22N4O2. The highest BCUT2D eigenvalue weighted by Crippen LogP contribution is 2.33. The van der Waals surface area contributed by atoms with E-state index in [1.54, 1.807) is 18.5 Å². The fourth-order valence-electron chi connectivity index (χ4n) is 3.77. The van der Waals surface area contributed by atoms with E-state index in [4.69, 9.17) is 4.98 Å². The summed E-state index contributed by atoms with van der Waals surface area (Å²) in [6, 6.07) is 13.6. The molecule has 0 saturated carbocycles. The van der Waals surface area contributed by atoms with E-state index in [1.807, 2.05) is 42.1 Å². The summed E-state index contributed by atoms with van der Waals surface area (Å²) in [6.07, 6.45) is 5.78. The number of aryl methyl sites for hydroxylation is 1. The topological polar surface area (TPSA) is 71.2 Å². The summed E-state index contributed by atoms with van der Waals surface area (Å²) in [6.45, 7) is 1.71. The van der Waals surface area contributed by atoms with E-state index < -0.39 is 5.97 Å². The Morgan fingerprint density at radius 1 is 1.26 bits per heavy atom. The minimum Gasteiger partial charge on any atom is -0.478 e. The zero-order chi connectivity index (χ0) is 18.8. The van der Waals surface area contributed by atoms with Crippen molar-refractivity contribution < 1.29 is 9.90 Å². The van der Waals surface area contributed by atoms with Gasteiger partial charge in [-0.2, -0.15) is 0 Å². The maximum absolute atomic E-state index is 11.2. The fourth-order valence-corrected chi connectivity index (χ4v) is 3.77. The van der Waals surface area contributed by atoms with Crippen LogP contribution in [-0.2, 0) is 13.6 Å². The number of hydrogen-bond acceptors (Lipinski definition) is 4. The molecule has 0 aliphatic carbocycles. The molecule has 3 heterocycles. The number of rotatable bonds is 5. The summed E-state index contributed by atoms with van der Waals surface area (Å²) >= 11 is 0. The molecule has 27 heavy (non-hydrogen) atoms. The number of likely N-dealkylation sites (tertiary alicyclic amines) is 1. The third kappa shape index (κ3) is 3.61. The summed E-state index contributed by atoms with van der Waals surface area (Å²) in [7, 11) is 1.97. The van der Waals surface area contributed by atoms with Gasteiger partial charge >= 0.3 is 5.97 Å². The second kappa shape index (κ2) is 7.32. The minimum atomic E-state index is -0.889. The summed E-state index contributed by atoms with van der Waals surface area (Å²) in [5, 5.41) is 9.21. The van der Waals surface area contributed by atoms with Crippen LogP contribution in [0.1, 0.15) is 40.5 Å². The first kappa shape index (κ1) is 17.4. The van der Waals surface area contributed by atoms with Crippen molar-refractivity contribution in [3.63, 3.8) is 0 Å². The van der Waals surface area contributed by atoms with Crippen molar-refractivity contribution in [2.24, 2.45) is 7.05 Å². The van der Waals surface area contributed by atoms with Crippen LogP contribution in [-0.4, -0.2) is 37.1 Å². The number of aromatic carboxylic acids is 1. The minimum absolute atomic E-state index is 0.242. The summed E-state index contributed by atoms with van der Waals surface area (Å²) < 4.78 is 1.97. The normalized spacial score (nSPS) is 17.3. The molecule has 1 aliphatic heterocycles. The standard InChI is InChI=1S/C21H22N4O2/c1-24-14-22-12-20(24)18-8-3-7-17(23-18)19-9-4-10-25(19)13-15-5-2-6-16(11-15)21(26)27/h2-3,5-8,11-12,14,19H,4,9-10,13H2,1H3,(H,26,27). The maximum atomic E-state index is 11.2. The monoisotopic (exact) mass is 362 g/mol. The van der Waals surface area contributed by atoms with Crippen molar-refractivity contribution in [2.75, 3.05) is 6.54 Å². The van der Waals surface area contributed by atoms with Crippen LogP contribution in [0.25, 0.3) is 11.4 Å². The van der Waals surface area contributed by atoms with E-state index >= 15 is 0 Å². The van der Waals surface area contributed by atoms with Crippen LogP contribution in [0.3, 0.4) is 0 Å². The molecule has 0 bridgehead atoms. The Bertz CT molecular complexity index is 966. The van der Waals surface area contributed by atoms with Gasteiger partial charge in [0.2, 0.25) is 0 Å². The van der Waals surface area contributed by atoms with Gasteiger partial charge < -0.3 is 9.67 Å². The molecule has 0 amide bonds. The molecule has 1 fully saturated rings. The molecule has 4 rings (SSSR count). The second-order valence-electron chi connectivity index (χ2n) is 6.97. The van der Waals surface area contributed by atoms with Crippen molar-refractivity contribution in [3.05, 3.63) is 71.8 Å². The number of imidazole rings is 1. The van der Waals surface area contributed by atoms with Gasteiger partial charge in [0.15, 0.2) is 0 Å². The summed E-state index contributed by atoms with van der Waals surface area (Å²) in [5.74, 6) is -0.889.